The van der Waals surface area contributed by atoms with Gasteiger partial charge in [0.2, 0.25) is 5.91 Å². The number of hydroxylamine groups is 2. The van der Waals surface area contributed by atoms with E-state index in [1.165, 1.54) is 32.7 Å². The van der Waals surface area contributed by atoms with E-state index in [0.29, 0.717) is 110 Å². The fourth-order valence-corrected chi connectivity index (χ4v) is 8.55. The SMILES string of the molecule is CC[C@@]1(O)C(=O)OCc2c1cc1n(c2=O)Cc2c-1nc1cc(F)c(C)c3c1c2[C@@H](NC(=O)ON1CCN(C(=O)CCCCCN2C(=O)C=CC2=O)CC1)CC3. The molecule has 4 aliphatic heterocycles. The molecule has 0 spiro atoms. The van der Waals surface area contributed by atoms with Crippen LogP contribution in [0.5, 0.6) is 0 Å². The van der Waals surface area contributed by atoms with Gasteiger partial charge in [-0.1, -0.05) is 13.3 Å². The molecule has 2 aromatic heterocycles. The zero-order valence-electron chi connectivity index (χ0n) is 30.6. The largest absolute Gasteiger partial charge is 0.458 e. The number of aryl methyl sites for hydroxylation is 1. The number of hydrogen-bond acceptors (Lipinski definition) is 11. The maximum Gasteiger partial charge on any atom is 0.426 e. The van der Waals surface area contributed by atoms with Gasteiger partial charge in [0.25, 0.3) is 17.4 Å². The quantitative estimate of drug-likeness (QED) is 0.146. The van der Waals surface area contributed by atoms with Gasteiger partial charge in [-0.2, -0.15) is 0 Å². The Labute approximate surface area is 314 Å². The van der Waals surface area contributed by atoms with Crippen LogP contribution in [0.4, 0.5) is 9.18 Å². The number of nitrogens with zero attached hydrogens (tertiary/aromatic N) is 5. The van der Waals surface area contributed by atoms with Gasteiger partial charge >= 0.3 is 12.1 Å². The Morgan fingerprint density at radius 1 is 1.04 bits per heavy atom. The van der Waals surface area contributed by atoms with Gasteiger partial charge in [0, 0.05) is 60.8 Å². The third-order valence-corrected chi connectivity index (χ3v) is 11.6. The fourth-order valence-electron chi connectivity index (χ4n) is 8.55. The number of aromatic nitrogens is 2. The minimum atomic E-state index is -2.00. The number of amides is 4. The number of pyridine rings is 2. The summed E-state index contributed by atoms with van der Waals surface area (Å²) in [6.45, 7) is 4.87. The summed E-state index contributed by atoms with van der Waals surface area (Å²) in [5.74, 6) is -1.88. The molecule has 8 rings (SSSR count). The number of ether oxygens (including phenoxy) is 1. The number of esters is 1. The Morgan fingerprint density at radius 2 is 1.78 bits per heavy atom. The molecule has 2 atom stereocenters. The van der Waals surface area contributed by atoms with Crippen LogP contribution < -0.4 is 10.9 Å². The number of nitrogens with one attached hydrogen (secondary N) is 1. The van der Waals surface area contributed by atoms with Crippen LogP contribution in [-0.4, -0.2) is 92.0 Å². The summed E-state index contributed by atoms with van der Waals surface area (Å²) in [4.78, 5) is 89.8. The van der Waals surface area contributed by atoms with E-state index in [-0.39, 0.29) is 48.4 Å². The third-order valence-electron chi connectivity index (χ3n) is 11.6. The molecule has 0 unspecified atom stereocenters. The van der Waals surface area contributed by atoms with Crippen molar-refractivity contribution in [3.8, 4) is 11.4 Å². The molecule has 6 heterocycles. The Morgan fingerprint density at radius 3 is 2.51 bits per heavy atom. The number of imide groups is 1. The Bertz CT molecular complexity index is 2260. The van der Waals surface area contributed by atoms with E-state index in [9.17, 15) is 33.9 Å². The van der Waals surface area contributed by atoms with Crippen molar-refractivity contribution in [2.24, 2.45) is 0 Å². The molecule has 5 aliphatic rings. The second-order valence-electron chi connectivity index (χ2n) is 14.7. The highest BCUT2D eigenvalue weighted by molar-refractivity contribution is 6.12. The number of carbonyl (C=O) groups excluding carboxylic acids is 5. The molecule has 2 N–H and O–H groups in total. The number of piperazine rings is 1. The fraction of sp³-hybridized carbons (Fsp3) is 0.462. The van der Waals surface area contributed by atoms with Crippen molar-refractivity contribution in [3.63, 3.8) is 0 Å². The second-order valence-corrected chi connectivity index (χ2v) is 14.7. The Kier molecular flexibility index (Phi) is 9.28. The van der Waals surface area contributed by atoms with Gasteiger partial charge in [-0.25, -0.2) is 19.0 Å². The van der Waals surface area contributed by atoms with E-state index in [4.69, 9.17) is 14.6 Å². The van der Waals surface area contributed by atoms with Crippen LogP contribution in [0.3, 0.4) is 0 Å². The zero-order chi connectivity index (χ0) is 38.8. The van der Waals surface area contributed by atoms with Gasteiger partial charge in [0.15, 0.2) is 5.60 Å². The molecular weight excluding hydrogens is 715 g/mol. The Balaban J connectivity index is 0.958. The number of unbranched alkanes of at least 4 members (excludes halogenated alkanes) is 2. The first-order valence-electron chi connectivity index (χ1n) is 18.8. The van der Waals surface area contributed by atoms with Crippen molar-refractivity contribution in [1.82, 2.24) is 29.7 Å². The van der Waals surface area contributed by atoms with Crippen molar-refractivity contribution < 1.29 is 43.0 Å². The molecule has 4 amide bonds. The minimum Gasteiger partial charge on any atom is -0.458 e. The van der Waals surface area contributed by atoms with Crippen LogP contribution in [0, 0.1) is 12.7 Å². The molecule has 15 nitrogen and oxygen atoms in total. The number of hydrogen-bond donors (Lipinski definition) is 2. The van der Waals surface area contributed by atoms with Crippen molar-refractivity contribution in [3.05, 3.63) is 73.8 Å². The number of benzene rings is 1. The van der Waals surface area contributed by atoms with E-state index in [1.54, 1.807) is 24.8 Å². The van der Waals surface area contributed by atoms with Crippen LogP contribution in [0.1, 0.15) is 84.9 Å². The Hall–Kier alpha value is -5.48. The molecule has 1 saturated heterocycles. The highest BCUT2D eigenvalue weighted by Crippen LogP contribution is 2.46. The van der Waals surface area contributed by atoms with Crippen molar-refractivity contribution in [2.75, 3.05) is 32.7 Å². The first-order chi connectivity index (χ1) is 26.4. The molecule has 1 fully saturated rings. The van der Waals surface area contributed by atoms with Crippen molar-refractivity contribution in [1.29, 1.82) is 0 Å². The monoisotopic (exact) mass is 756 g/mol. The number of cyclic esters (lactones) is 1. The molecule has 1 aromatic carbocycles. The summed E-state index contributed by atoms with van der Waals surface area (Å²) in [5.41, 5.74) is 1.75. The number of fused-ring (bicyclic) bond motifs is 5. The van der Waals surface area contributed by atoms with E-state index in [2.05, 4.69) is 5.32 Å². The van der Waals surface area contributed by atoms with Gasteiger partial charge in [0.05, 0.1) is 48.1 Å². The highest BCUT2D eigenvalue weighted by atomic mass is 19.1. The lowest BCUT2D eigenvalue weighted by atomic mass is 9.81. The summed E-state index contributed by atoms with van der Waals surface area (Å²) in [6, 6.07) is 2.39. The molecule has 0 radical (unpaired) electrons. The summed E-state index contributed by atoms with van der Waals surface area (Å²) < 4.78 is 22.0. The van der Waals surface area contributed by atoms with Crippen LogP contribution >= 0.6 is 0 Å². The smallest absolute Gasteiger partial charge is 0.426 e. The number of aliphatic hydroxyl groups is 1. The molecule has 55 heavy (non-hydrogen) atoms. The van der Waals surface area contributed by atoms with E-state index >= 15 is 4.39 Å². The number of carbonyl (C=O) groups is 5. The topological polar surface area (TPSA) is 181 Å². The van der Waals surface area contributed by atoms with Crippen LogP contribution in [0.15, 0.2) is 29.1 Å². The average Bonchev–Trinajstić information content (AvgIpc) is 3.70. The molecule has 288 valence electrons. The first-order valence-corrected chi connectivity index (χ1v) is 18.8. The van der Waals surface area contributed by atoms with Gasteiger partial charge in [-0.3, -0.25) is 24.1 Å². The van der Waals surface area contributed by atoms with Gasteiger partial charge < -0.3 is 29.5 Å². The first kappa shape index (κ1) is 36.5. The standard InChI is InChI=1S/C39H41FN6O9/c1-3-39(53)25-17-29-35-23(19-46(29)36(50)24(25)20-54-37(39)51)34-27(9-8-22-21(2)26(40)18-28(41-35)33(22)34)42-38(52)55-44-15-13-43(14-16-44)30(47)7-5-4-6-12-45-31(48)10-11-32(45)49/h10-11,17-18,27,53H,3-9,12-16,19-20H2,1-2H3,(H,42,52)/t27-,39-/m0/s1. The van der Waals surface area contributed by atoms with Crippen LogP contribution in [0.2, 0.25) is 0 Å². The molecule has 1 aliphatic carbocycles. The minimum absolute atomic E-state index is 0.00853. The van der Waals surface area contributed by atoms with Crippen LogP contribution in [-0.2, 0) is 53.9 Å². The molecular formula is C39H41FN6O9. The lowest BCUT2D eigenvalue weighted by Gasteiger charge is -2.34. The summed E-state index contributed by atoms with van der Waals surface area (Å²) in [5, 5.41) is 16.5. The summed E-state index contributed by atoms with van der Waals surface area (Å²) in [7, 11) is 0. The van der Waals surface area contributed by atoms with Crippen molar-refractivity contribution in [2.45, 2.75) is 83.6 Å². The summed E-state index contributed by atoms with van der Waals surface area (Å²) >= 11 is 0. The van der Waals surface area contributed by atoms with E-state index in [1.807, 2.05) is 0 Å². The van der Waals surface area contributed by atoms with E-state index < -0.39 is 35.1 Å². The van der Waals surface area contributed by atoms with Gasteiger partial charge in [-0.15, -0.1) is 5.06 Å². The average molecular weight is 757 g/mol. The lowest BCUT2D eigenvalue weighted by Crippen LogP contribution is -2.50. The summed E-state index contributed by atoms with van der Waals surface area (Å²) in [6.07, 6.45) is 4.99. The highest BCUT2D eigenvalue weighted by Gasteiger charge is 2.46. The molecule has 0 bridgehead atoms. The van der Waals surface area contributed by atoms with Gasteiger partial charge in [0.1, 0.15) is 12.4 Å². The molecule has 0 saturated carbocycles. The lowest BCUT2D eigenvalue weighted by molar-refractivity contribution is -0.172. The third kappa shape index (κ3) is 6.16. The maximum atomic E-state index is 15.3. The van der Waals surface area contributed by atoms with Crippen LogP contribution in [0.25, 0.3) is 22.3 Å². The predicted octanol–water partition coefficient (Wildman–Crippen LogP) is 2.79. The molecule has 16 heteroatoms. The van der Waals surface area contributed by atoms with Gasteiger partial charge in [-0.05, 0) is 61.8 Å². The normalized spacial score (nSPS) is 21.5. The number of rotatable bonds is 9. The number of halogens is 1. The zero-order valence-corrected chi connectivity index (χ0v) is 30.6. The van der Waals surface area contributed by atoms with Crippen molar-refractivity contribution >= 4 is 40.7 Å². The maximum absolute atomic E-state index is 15.3. The predicted molar refractivity (Wildman–Crippen MR) is 192 cm³/mol. The second kappa shape index (κ2) is 14.0. The van der Waals surface area contributed by atoms with E-state index in [0.717, 1.165) is 5.56 Å². The molecule has 3 aromatic rings.